The second-order valence-electron chi connectivity index (χ2n) is 4.20. The first-order valence-electron chi connectivity index (χ1n) is 5.10. The predicted molar refractivity (Wildman–Crippen MR) is 69.1 cm³/mol. The fraction of sp³-hybridized carbons (Fsp3) is 0.417. The third-order valence-electron chi connectivity index (χ3n) is 2.85. The molecule has 1 saturated carbocycles. The molecule has 0 amide bonds. The molecular weight excluding hydrogens is 261 g/mol. The zero-order chi connectivity index (χ0) is 11.6. The van der Waals surface area contributed by atoms with E-state index in [1.807, 2.05) is 18.2 Å². The van der Waals surface area contributed by atoms with E-state index in [0.717, 1.165) is 10.6 Å². The van der Waals surface area contributed by atoms with Crippen LogP contribution < -0.4 is 0 Å². The molecule has 0 saturated heterocycles. The van der Waals surface area contributed by atoms with Gasteiger partial charge in [-0.25, -0.2) is 0 Å². The summed E-state index contributed by atoms with van der Waals surface area (Å²) in [7, 11) is 0. The van der Waals surface area contributed by atoms with E-state index in [1.54, 1.807) is 11.8 Å². The largest absolute Gasteiger partial charge is 0.198 e. The van der Waals surface area contributed by atoms with Crippen molar-refractivity contribution in [3.05, 3.63) is 28.2 Å². The number of nitriles is 1. The molecule has 1 aromatic rings. The van der Waals surface area contributed by atoms with Crippen molar-refractivity contribution >= 4 is 35.0 Å². The summed E-state index contributed by atoms with van der Waals surface area (Å²) in [4.78, 5) is 1.12. The van der Waals surface area contributed by atoms with Gasteiger partial charge in [0.1, 0.15) is 0 Å². The van der Waals surface area contributed by atoms with Gasteiger partial charge in [-0.2, -0.15) is 5.26 Å². The maximum absolute atomic E-state index is 8.72. The van der Waals surface area contributed by atoms with Crippen molar-refractivity contribution in [1.29, 1.82) is 5.26 Å². The maximum atomic E-state index is 8.72. The summed E-state index contributed by atoms with van der Waals surface area (Å²) < 4.78 is 0. The average Bonchev–Trinajstić information content (AvgIpc) is 3.01. The molecule has 0 N–H and O–H groups in total. The van der Waals surface area contributed by atoms with Crippen molar-refractivity contribution in [3.63, 3.8) is 0 Å². The highest BCUT2D eigenvalue weighted by molar-refractivity contribution is 7.99. The molecule has 16 heavy (non-hydrogen) atoms. The van der Waals surface area contributed by atoms with Gasteiger partial charge in [0.05, 0.1) is 16.1 Å². The zero-order valence-electron chi connectivity index (χ0n) is 8.67. The molecule has 0 bridgehead atoms. The molecule has 1 fully saturated rings. The van der Waals surface area contributed by atoms with Crippen molar-refractivity contribution < 1.29 is 0 Å². The molecule has 1 nitrogen and oxygen atoms in total. The van der Waals surface area contributed by atoms with Crippen LogP contribution in [0.25, 0.3) is 0 Å². The molecule has 0 aromatic heterocycles. The standard InChI is InChI=1S/C12H11Cl2NS/c13-10-2-1-9(7-11(10)14)16-8-12(3-4-12)5-6-15/h1-2,7H,3-5,8H2. The number of nitrogens with zero attached hydrogens (tertiary/aromatic N) is 1. The number of hydrogen-bond acceptors (Lipinski definition) is 2. The van der Waals surface area contributed by atoms with Crippen molar-refractivity contribution in [1.82, 2.24) is 0 Å². The van der Waals surface area contributed by atoms with Crippen LogP contribution in [-0.2, 0) is 0 Å². The minimum absolute atomic E-state index is 0.269. The average molecular weight is 272 g/mol. The third kappa shape index (κ3) is 2.85. The van der Waals surface area contributed by atoms with Crippen LogP contribution in [0.5, 0.6) is 0 Å². The summed E-state index contributed by atoms with van der Waals surface area (Å²) in [6.07, 6.45) is 3.02. The molecule has 1 aliphatic carbocycles. The lowest BCUT2D eigenvalue weighted by molar-refractivity contribution is 0.604. The van der Waals surface area contributed by atoms with E-state index in [0.29, 0.717) is 16.5 Å². The Kier molecular flexibility index (Phi) is 3.69. The minimum atomic E-state index is 0.269. The first kappa shape index (κ1) is 12.1. The van der Waals surface area contributed by atoms with Crippen LogP contribution in [0.1, 0.15) is 19.3 Å². The van der Waals surface area contributed by atoms with Gasteiger partial charge in [0.15, 0.2) is 0 Å². The second kappa shape index (κ2) is 4.87. The van der Waals surface area contributed by atoms with Gasteiger partial charge in [-0.3, -0.25) is 0 Å². The molecule has 0 radical (unpaired) electrons. The Labute approximate surface area is 110 Å². The second-order valence-corrected chi connectivity index (χ2v) is 6.06. The van der Waals surface area contributed by atoms with Gasteiger partial charge >= 0.3 is 0 Å². The van der Waals surface area contributed by atoms with Crippen molar-refractivity contribution in [2.24, 2.45) is 5.41 Å². The van der Waals surface area contributed by atoms with E-state index in [2.05, 4.69) is 6.07 Å². The summed E-state index contributed by atoms with van der Waals surface area (Å²) in [5, 5.41) is 9.90. The van der Waals surface area contributed by atoms with Gasteiger partial charge in [0.2, 0.25) is 0 Å². The highest BCUT2D eigenvalue weighted by Gasteiger charge is 2.42. The quantitative estimate of drug-likeness (QED) is 0.736. The fourth-order valence-electron chi connectivity index (χ4n) is 1.52. The van der Waals surface area contributed by atoms with E-state index in [9.17, 15) is 0 Å². The van der Waals surface area contributed by atoms with Crippen LogP contribution >= 0.6 is 35.0 Å². The Morgan fingerprint density at radius 2 is 2.06 bits per heavy atom. The summed E-state index contributed by atoms with van der Waals surface area (Å²) in [6.45, 7) is 0. The van der Waals surface area contributed by atoms with Gasteiger partial charge in [-0.1, -0.05) is 23.2 Å². The van der Waals surface area contributed by atoms with Crippen molar-refractivity contribution in [2.45, 2.75) is 24.2 Å². The van der Waals surface area contributed by atoms with Crippen LogP contribution in [0.3, 0.4) is 0 Å². The highest BCUT2D eigenvalue weighted by atomic mass is 35.5. The van der Waals surface area contributed by atoms with Crippen LogP contribution in [0.4, 0.5) is 0 Å². The Balaban J connectivity index is 1.95. The Bertz CT molecular complexity index is 435. The Morgan fingerprint density at radius 3 is 2.62 bits per heavy atom. The van der Waals surface area contributed by atoms with Gasteiger partial charge in [0.25, 0.3) is 0 Å². The van der Waals surface area contributed by atoms with Gasteiger partial charge < -0.3 is 0 Å². The number of thioether (sulfide) groups is 1. The van der Waals surface area contributed by atoms with E-state index in [1.165, 1.54) is 12.8 Å². The fourth-order valence-corrected chi connectivity index (χ4v) is 3.11. The molecule has 1 aromatic carbocycles. The lowest BCUT2D eigenvalue weighted by Gasteiger charge is -2.10. The van der Waals surface area contributed by atoms with Crippen LogP contribution in [0, 0.1) is 16.7 Å². The maximum Gasteiger partial charge on any atom is 0.0627 e. The number of benzene rings is 1. The summed E-state index contributed by atoms with van der Waals surface area (Å²) in [6, 6.07) is 7.94. The Morgan fingerprint density at radius 1 is 1.31 bits per heavy atom. The summed E-state index contributed by atoms with van der Waals surface area (Å²) in [5.41, 5.74) is 0.269. The van der Waals surface area contributed by atoms with Crippen LogP contribution in [0.15, 0.2) is 23.1 Å². The van der Waals surface area contributed by atoms with E-state index in [4.69, 9.17) is 28.5 Å². The molecule has 1 aliphatic rings. The molecule has 84 valence electrons. The summed E-state index contributed by atoms with van der Waals surface area (Å²) >= 11 is 13.6. The number of halogens is 2. The predicted octanol–water partition coefficient (Wildman–Crippen LogP) is 4.78. The monoisotopic (exact) mass is 271 g/mol. The van der Waals surface area contributed by atoms with Gasteiger partial charge in [0, 0.05) is 17.1 Å². The number of hydrogen-bond donors (Lipinski definition) is 0. The number of rotatable bonds is 4. The van der Waals surface area contributed by atoms with Gasteiger partial charge in [-0.05, 0) is 36.5 Å². The summed E-state index contributed by atoms with van der Waals surface area (Å²) in [5.74, 6) is 0.999. The zero-order valence-corrected chi connectivity index (χ0v) is 11.0. The van der Waals surface area contributed by atoms with E-state index >= 15 is 0 Å². The lowest BCUT2D eigenvalue weighted by atomic mass is 10.1. The lowest BCUT2D eigenvalue weighted by Crippen LogP contribution is -2.02. The minimum Gasteiger partial charge on any atom is -0.198 e. The Hall–Kier alpha value is -0.360. The third-order valence-corrected chi connectivity index (χ3v) is 4.93. The molecule has 0 heterocycles. The van der Waals surface area contributed by atoms with Crippen LogP contribution in [-0.4, -0.2) is 5.75 Å². The van der Waals surface area contributed by atoms with Crippen LogP contribution in [0.2, 0.25) is 10.0 Å². The van der Waals surface area contributed by atoms with Crippen molar-refractivity contribution in [3.8, 4) is 6.07 Å². The van der Waals surface area contributed by atoms with Crippen molar-refractivity contribution in [2.75, 3.05) is 5.75 Å². The SMILES string of the molecule is N#CCC1(CSc2ccc(Cl)c(Cl)c2)CC1. The van der Waals surface area contributed by atoms with Gasteiger partial charge in [-0.15, -0.1) is 11.8 Å². The molecule has 0 aliphatic heterocycles. The normalized spacial score (nSPS) is 16.8. The topological polar surface area (TPSA) is 23.8 Å². The molecule has 0 atom stereocenters. The highest BCUT2D eigenvalue weighted by Crippen LogP contribution is 2.51. The first-order valence-corrected chi connectivity index (χ1v) is 6.84. The van der Waals surface area contributed by atoms with E-state index in [-0.39, 0.29) is 5.41 Å². The first-order chi connectivity index (χ1) is 7.65. The molecule has 0 unspecified atom stereocenters. The molecule has 0 spiro atoms. The molecule has 2 rings (SSSR count). The van der Waals surface area contributed by atoms with E-state index < -0.39 is 0 Å². The molecule has 4 heteroatoms. The molecular formula is C12H11Cl2NS. The smallest absolute Gasteiger partial charge is 0.0627 e.